The van der Waals surface area contributed by atoms with Crippen LogP contribution in [0.5, 0.6) is 0 Å². The van der Waals surface area contributed by atoms with Crippen molar-refractivity contribution in [1.29, 1.82) is 0 Å². The minimum Gasteiger partial charge on any atom is -0.377 e. The molecule has 1 fully saturated rings. The number of hydrogen-bond donors (Lipinski definition) is 0. The highest BCUT2D eigenvalue weighted by atomic mass is 16.5. The summed E-state index contributed by atoms with van der Waals surface area (Å²) in [6.45, 7) is 5.51. The fraction of sp³-hybridized carbons (Fsp3) is 0.545. The van der Waals surface area contributed by atoms with Crippen molar-refractivity contribution in [3.63, 3.8) is 0 Å². The van der Waals surface area contributed by atoms with Crippen LogP contribution in [0.15, 0.2) is 23.1 Å². The van der Waals surface area contributed by atoms with Crippen LogP contribution in [-0.2, 0) is 4.74 Å². The maximum absolute atomic E-state index is 11.7. The van der Waals surface area contributed by atoms with Gasteiger partial charge < -0.3 is 9.30 Å². The van der Waals surface area contributed by atoms with Gasteiger partial charge in [-0.3, -0.25) is 4.79 Å². The molecule has 2 heterocycles. The van der Waals surface area contributed by atoms with Crippen LogP contribution >= 0.6 is 0 Å². The van der Waals surface area contributed by atoms with Gasteiger partial charge in [-0.05, 0) is 17.5 Å². The number of hydrogen-bond acceptors (Lipinski definition) is 2. The lowest BCUT2D eigenvalue weighted by molar-refractivity contribution is -0.0248. The van der Waals surface area contributed by atoms with Gasteiger partial charge >= 0.3 is 0 Å². The Labute approximate surface area is 83.3 Å². The zero-order valence-corrected chi connectivity index (χ0v) is 8.56. The van der Waals surface area contributed by atoms with Gasteiger partial charge in [-0.25, -0.2) is 0 Å². The SMILES string of the molecule is CC(C)c1ccn(C2COC2)c(=O)c1. The lowest BCUT2D eigenvalue weighted by Gasteiger charge is -2.28. The summed E-state index contributed by atoms with van der Waals surface area (Å²) in [6.07, 6.45) is 1.88. The quantitative estimate of drug-likeness (QED) is 0.713. The molecule has 1 aromatic rings. The Morgan fingerprint density at radius 2 is 2.21 bits per heavy atom. The Hall–Kier alpha value is -1.09. The molecule has 1 aromatic heterocycles. The molecule has 3 nitrogen and oxygen atoms in total. The molecule has 1 aliphatic rings. The normalized spacial score (nSPS) is 17.1. The van der Waals surface area contributed by atoms with Gasteiger partial charge in [0.1, 0.15) is 0 Å². The molecule has 0 atom stereocenters. The van der Waals surface area contributed by atoms with Crippen molar-refractivity contribution < 1.29 is 4.74 Å². The van der Waals surface area contributed by atoms with Gasteiger partial charge in [0.2, 0.25) is 0 Å². The van der Waals surface area contributed by atoms with E-state index in [1.165, 1.54) is 0 Å². The zero-order chi connectivity index (χ0) is 10.1. The van der Waals surface area contributed by atoms with E-state index in [1.807, 2.05) is 12.3 Å². The maximum Gasteiger partial charge on any atom is 0.251 e. The van der Waals surface area contributed by atoms with Crippen LogP contribution in [0.25, 0.3) is 0 Å². The molecule has 0 aliphatic carbocycles. The number of aromatic nitrogens is 1. The second-order valence-corrected chi connectivity index (χ2v) is 4.05. The molecule has 0 amide bonds. The molecule has 2 rings (SSSR count). The fourth-order valence-corrected chi connectivity index (χ4v) is 1.55. The molecule has 14 heavy (non-hydrogen) atoms. The highest BCUT2D eigenvalue weighted by Gasteiger charge is 2.20. The first-order valence-electron chi connectivity index (χ1n) is 4.98. The average molecular weight is 193 g/mol. The minimum absolute atomic E-state index is 0.0875. The van der Waals surface area contributed by atoms with Crippen LogP contribution in [0.3, 0.4) is 0 Å². The molecule has 0 bridgehead atoms. The summed E-state index contributed by atoms with van der Waals surface area (Å²) in [7, 11) is 0. The number of ether oxygens (including phenoxy) is 1. The molecule has 0 radical (unpaired) electrons. The minimum atomic E-state index is 0.0875. The van der Waals surface area contributed by atoms with Crippen molar-refractivity contribution in [2.45, 2.75) is 25.8 Å². The highest BCUT2D eigenvalue weighted by molar-refractivity contribution is 5.15. The molecule has 0 N–H and O–H groups in total. The third kappa shape index (κ3) is 1.60. The van der Waals surface area contributed by atoms with Crippen LogP contribution in [0.4, 0.5) is 0 Å². The Morgan fingerprint density at radius 1 is 1.50 bits per heavy atom. The van der Waals surface area contributed by atoms with Gasteiger partial charge in [0, 0.05) is 12.3 Å². The highest BCUT2D eigenvalue weighted by Crippen LogP contribution is 2.16. The summed E-state index contributed by atoms with van der Waals surface area (Å²) < 4.78 is 6.82. The predicted molar refractivity (Wildman–Crippen MR) is 54.6 cm³/mol. The van der Waals surface area contributed by atoms with Gasteiger partial charge in [-0.2, -0.15) is 0 Å². The largest absolute Gasteiger partial charge is 0.377 e. The van der Waals surface area contributed by atoms with E-state index < -0.39 is 0 Å². The lowest BCUT2D eigenvalue weighted by Crippen LogP contribution is -2.36. The first-order valence-corrected chi connectivity index (χ1v) is 4.98. The van der Waals surface area contributed by atoms with Gasteiger partial charge in [0.05, 0.1) is 19.3 Å². The van der Waals surface area contributed by atoms with Crippen molar-refractivity contribution in [3.05, 3.63) is 34.2 Å². The second-order valence-electron chi connectivity index (χ2n) is 4.05. The van der Waals surface area contributed by atoms with Crippen molar-refractivity contribution in [3.8, 4) is 0 Å². The van der Waals surface area contributed by atoms with Crippen molar-refractivity contribution in [2.75, 3.05) is 13.2 Å². The Morgan fingerprint density at radius 3 is 2.64 bits per heavy atom. The average Bonchev–Trinajstić information content (AvgIpc) is 2.04. The van der Waals surface area contributed by atoms with E-state index >= 15 is 0 Å². The summed E-state index contributed by atoms with van der Waals surface area (Å²) in [4.78, 5) is 11.7. The van der Waals surface area contributed by atoms with Gasteiger partial charge in [-0.15, -0.1) is 0 Å². The molecule has 1 saturated heterocycles. The number of nitrogens with zero attached hydrogens (tertiary/aromatic N) is 1. The zero-order valence-electron chi connectivity index (χ0n) is 8.56. The summed E-state index contributed by atoms with van der Waals surface area (Å²) in [5.74, 6) is 0.412. The molecular weight excluding hydrogens is 178 g/mol. The third-order valence-electron chi connectivity index (χ3n) is 2.65. The molecule has 1 aliphatic heterocycles. The summed E-state index contributed by atoms with van der Waals surface area (Å²) in [6, 6.07) is 4.00. The standard InChI is InChI=1S/C11H15NO2/c1-8(2)9-3-4-12(11(13)5-9)10-6-14-7-10/h3-5,8,10H,6-7H2,1-2H3. The van der Waals surface area contributed by atoms with Gasteiger partial charge in [0.25, 0.3) is 5.56 Å². The van der Waals surface area contributed by atoms with Crippen molar-refractivity contribution in [1.82, 2.24) is 4.57 Å². The summed E-state index contributed by atoms with van der Waals surface area (Å²) >= 11 is 0. The van der Waals surface area contributed by atoms with E-state index in [1.54, 1.807) is 10.6 Å². The topological polar surface area (TPSA) is 31.2 Å². The van der Waals surface area contributed by atoms with Crippen LogP contribution < -0.4 is 5.56 Å². The summed E-state index contributed by atoms with van der Waals surface area (Å²) in [5, 5.41) is 0. The van der Waals surface area contributed by atoms with E-state index in [2.05, 4.69) is 13.8 Å². The maximum atomic E-state index is 11.7. The van der Waals surface area contributed by atoms with Crippen LogP contribution in [0.1, 0.15) is 31.4 Å². The second kappa shape index (κ2) is 3.58. The molecule has 0 aromatic carbocycles. The molecule has 76 valence electrons. The van der Waals surface area contributed by atoms with Crippen LogP contribution in [0.2, 0.25) is 0 Å². The Balaban J connectivity index is 2.31. The van der Waals surface area contributed by atoms with E-state index in [0.717, 1.165) is 5.56 Å². The van der Waals surface area contributed by atoms with E-state index in [0.29, 0.717) is 19.1 Å². The smallest absolute Gasteiger partial charge is 0.251 e. The number of pyridine rings is 1. The summed E-state index contributed by atoms with van der Waals surface area (Å²) in [5.41, 5.74) is 1.19. The lowest BCUT2D eigenvalue weighted by atomic mass is 10.1. The first-order chi connectivity index (χ1) is 6.68. The van der Waals surface area contributed by atoms with Gasteiger partial charge in [0.15, 0.2) is 0 Å². The van der Waals surface area contributed by atoms with Gasteiger partial charge in [-0.1, -0.05) is 13.8 Å². The van der Waals surface area contributed by atoms with E-state index in [4.69, 9.17) is 4.74 Å². The fourth-order valence-electron chi connectivity index (χ4n) is 1.55. The monoisotopic (exact) mass is 193 g/mol. The van der Waals surface area contributed by atoms with Crippen LogP contribution in [-0.4, -0.2) is 17.8 Å². The molecule has 3 heteroatoms. The molecular formula is C11H15NO2. The van der Waals surface area contributed by atoms with Crippen LogP contribution in [0, 0.1) is 0 Å². The Bertz CT molecular complexity index is 377. The third-order valence-corrected chi connectivity index (χ3v) is 2.65. The van der Waals surface area contributed by atoms with Crippen molar-refractivity contribution in [2.24, 2.45) is 0 Å². The first kappa shape index (κ1) is 9.46. The van der Waals surface area contributed by atoms with E-state index in [9.17, 15) is 4.79 Å². The Kier molecular flexibility index (Phi) is 2.42. The van der Waals surface area contributed by atoms with E-state index in [-0.39, 0.29) is 11.6 Å². The number of rotatable bonds is 2. The molecule has 0 unspecified atom stereocenters. The molecule has 0 saturated carbocycles. The predicted octanol–water partition coefficient (Wildman–Crippen LogP) is 1.54. The van der Waals surface area contributed by atoms with Crippen molar-refractivity contribution >= 4 is 0 Å². The molecule has 0 spiro atoms.